The van der Waals surface area contributed by atoms with E-state index in [0.717, 1.165) is 11.5 Å². The van der Waals surface area contributed by atoms with E-state index < -0.39 is 5.91 Å². The first-order valence-corrected chi connectivity index (χ1v) is 4.67. The Morgan fingerprint density at radius 1 is 1.47 bits per heavy atom. The van der Waals surface area contributed by atoms with Crippen LogP contribution < -0.4 is 10.9 Å². The molecule has 0 aliphatic carbocycles. The quantitative estimate of drug-likeness (QED) is 0.738. The van der Waals surface area contributed by atoms with Crippen molar-refractivity contribution in [2.75, 3.05) is 5.32 Å². The minimum Gasteiger partial charge on any atom is -0.310 e. The molecule has 0 radical (unpaired) electrons. The van der Waals surface area contributed by atoms with E-state index in [1.807, 2.05) is 0 Å². The Morgan fingerprint density at radius 2 is 2.33 bits per heavy atom. The molecule has 15 heavy (non-hydrogen) atoms. The number of anilines is 1. The van der Waals surface area contributed by atoms with Crippen molar-refractivity contribution in [3.63, 3.8) is 0 Å². The van der Waals surface area contributed by atoms with Crippen LogP contribution in [0.5, 0.6) is 0 Å². The van der Waals surface area contributed by atoms with Crippen LogP contribution in [-0.4, -0.2) is 25.7 Å². The van der Waals surface area contributed by atoms with Gasteiger partial charge in [0.25, 0.3) is 11.5 Å². The minimum absolute atomic E-state index is 0.128. The predicted molar refractivity (Wildman–Crippen MR) is 52.7 cm³/mol. The van der Waals surface area contributed by atoms with Crippen LogP contribution in [0.15, 0.2) is 23.1 Å². The molecule has 2 aromatic rings. The molecule has 0 saturated heterocycles. The smallest absolute Gasteiger partial charge is 0.276 e. The summed E-state index contributed by atoms with van der Waals surface area (Å²) in [7, 11) is 0. The third kappa shape index (κ3) is 2.23. The monoisotopic (exact) mass is 223 g/mol. The Bertz CT molecular complexity index is 500. The molecule has 8 heteroatoms. The largest absolute Gasteiger partial charge is 0.310 e. The maximum absolute atomic E-state index is 11.5. The Labute approximate surface area is 87.3 Å². The molecule has 76 valence electrons. The number of nitrogens with zero attached hydrogens (tertiary/aromatic N) is 3. The number of aromatic nitrogens is 4. The van der Waals surface area contributed by atoms with Gasteiger partial charge in [0.05, 0.1) is 6.20 Å². The van der Waals surface area contributed by atoms with Crippen LogP contribution in [0.3, 0.4) is 0 Å². The second-order valence-electron chi connectivity index (χ2n) is 2.54. The molecule has 2 rings (SSSR count). The normalized spacial score (nSPS) is 9.87. The summed E-state index contributed by atoms with van der Waals surface area (Å²) in [5.41, 5.74) is -0.228. The Hall–Kier alpha value is -2.09. The molecule has 0 unspecified atom stereocenters. The summed E-state index contributed by atoms with van der Waals surface area (Å²) in [6.07, 6.45) is 1.42. The van der Waals surface area contributed by atoms with Crippen molar-refractivity contribution < 1.29 is 4.79 Å². The first-order chi connectivity index (χ1) is 7.25. The van der Waals surface area contributed by atoms with Gasteiger partial charge in [-0.15, -0.1) is 5.10 Å². The van der Waals surface area contributed by atoms with Crippen LogP contribution >= 0.6 is 11.5 Å². The van der Waals surface area contributed by atoms with Crippen LogP contribution in [0.4, 0.5) is 5.00 Å². The van der Waals surface area contributed by atoms with Gasteiger partial charge in [-0.3, -0.25) is 9.59 Å². The standard InChI is InChI=1S/C7H5N5O2S/c13-5-2-1-4(10-11-5)7(14)9-6-3-8-12-15-6/h1-3H,(H,9,14)(H,11,13). The zero-order chi connectivity index (χ0) is 10.7. The van der Waals surface area contributed by atoms with Crippen LogP contribution in [-0.2, 0) is 0 Å². The predicted octanol–water partition coefficient (Wildman–Crippen LogP) is -0.126. The van der Waals surface area contributed by atoms with Gasteiger partial charge in [0, 0.05) is 17.6 Å². The molecule has 2 N–H and O–H groups in total. The van der Waals surface area contributed by atoms with Gasteiger partial charge in [-0.1, -0.05) is 4.49 Å². The summed E-state index contributed by atoms with van der Waals surface area (Å²) < 4.78 is 3.58. The molecule has 0 aromatic carbocycles. The summed E-state index contributed by atoms with van der Waals surface area (Å²) in [6.45, 7) is 0. The number of rotatable bonds is 2. The van der Waals surface area contributed by atoms with Gasteiger partial charge in [-0.05, 0) is 6.07 Å². The van der Waals surface area contributed by atoms with Crippen molar-refractivity contribution in [2.24, 2.45) is 0 Å². The van der Waals surface area contributed by atoms with E-state index in [0.29, 0.717) is 5.00 Å². The summed E-state index contributed by atoms with van der Waals surface area (Å²) in [6, 6.07) is 2.56. The van der Waals surface area contributed by atoms with E-state index in [1.165, 1.54) is 18.3 Å². The number of hydrogen-bond donors (Lipinski definition) is 2. The topological polar surface area (TPSA) is 101 Å². The maximum Gasteiger partial charge on any atom is 0.276 e. The highest BCUT2D eigenvalue weighted by molar-refractivity contribution is 7.10. The second kappa shape index (κ2) is 3.96. The van der Waals surface area contributed by atoms with Gasteiger partial charge < -0.3 is 5.32 Å². The molecule has 2 aromatic heterocycles. The number of hydrogen-bond acceptors (Lipinski definition) is 6. The van der Waals surface area contributed by atoms with Crippen LogP contribution in [0.2, 0.25) is 0 Å². The zero-order valence-electron chi connectivity index (χ0n) is 7.30. The third-order valence-corrected chi connectivity index (χ3v) is 2.09. The molecule has 7 nitrogen and oxygen atoms in total. The lowest BCUT2D eigenvalue weighted by Gasteiger charge is -1.98. The van der Waals surface area contributed by atoms with Crippen molar-refractivity contribution in [3.8, 4) is 0 Å². The summed E-state index contributed by atoms with van der Waals surface area (Å²) in [5.74, 6) is -0.419. The van der Waals surface area contributed by atoms with E-state index in [4.69, 9.17) is 0 Å². The number of amides is 1. The fourth-order valence-electron chi connectivity index (χ4n) is 0.869. The van der Waals surface area contributed by atoms with Crippen molar-refractivity contribution >= 4 is 22.4 Å². The molecule has 0 bridgehead atoms. The fraction of sp³-hybridized carbons (Fsp3) is 0. The number of carbonyl (C=O) groups is 1. The van der Waals surface area contributed by atoms with Crippen LogP contribution in [0, 0.1) is 0 Å². The second-order valence-corrected chi connectivity index (χ2v) is 3.33. The SMILES string of the molecule is O=C(Nc1cnns1)c1ccc(=O)[nH]n1. The van der Waals surface area contributed by atoms with E-state index in [1.54, 1.807) is 0 Å². The van der Waals surface area contributed by atoms with Gasteiger partial charge in [-0.2, -0.15) is 5.10 Å². The van der Waals surface area contributed by atoms with Crippen molar-refractivity contribution in [1.29, 1.82) is 0 Å². The highest BCUT2D eigenvalue weighted by Gasteiger charge is 2.08. The molecular weight excluding hydrogens is 218 g/mol. The Morgan fingerprint density at radius 3 is 2.93 bits per heavy atom. The molecule has 0 saturated carbocycles. The fourth-order valence-corrected chi connectivity index (χ4v) is 1.28. The van der Waals surface area contributed by atoms with Gasteiger partial charge in [0.1, 0.15) is 10.7 Å². The van der Waals surface area contributed by atoms with Gasteiger partial charge in [0.15, 0.2) is 0 Å². The highest BCUT2D eigenvalue weighted by atomic mass is 32.1. The van der Waals surface area contributed by atoms with Crippen molar-refractivity contribution in [2.45, 2.75) is 0 Å². The van der Waals surface area contributed by atoms with Crippen LogP contribution in [0.1, 0.15) is 10.5 Å². The van der Waals surface area contributed by atoms with Gasteiger partial charge >= 0.3 is 0 Å². The molecule has 2 heterocycles. The lowest BCUT2D eigenvalue weighted by molar-refractivity contribution is 0.102. The summed E-state index contributed by atoms with van der Waals surface area (Å²) >= 11 is 1.06. The number of aromatic amines is 1. The lowest BCUT2D eigenvalue weighted by atomic mass is 10.4. The maximum atomic E-state index is 11.5. The first-order valence-electron chi connectivity index (χ1n) is 3.90. The third-order valence-electron chi connectivity index (χ3n) is 1.51. The van der Waals surface area contributed by atoms with Crippen molar-refractivity contribution in [1.82, 2.24) is 19.8 Å². The van der Waals surface area contributed by atoms with Gasteiger partial charge in [0.2, 0.25) is 0 Å². The lowest BCUT2D eigenvalue weighted by Crippen LogP contribution is -2.16. The summed E-state index contributed by atoms with van der Waals surface area (Å²) in [5, 5.41) is 12.3. The van der Waals surface area contributed by atoms with Crippen molar-refractivity contribution in [3.05, 3.63) is 34.4 Å². The van der Waals surface area contributed by atoms with E-state index in [-0.39, 0.29) is 11.3 Å². The van der Waals surface area contributed by atoms with Gasteiger partial charge in [-0.25, -0.2) is 5.10 Å². The average molecular weight is 223 g/mol. The molecular formula is C7H5N5O2S. The zero-order valence-corrected chi connectivity index (χ0v) is 8.11. The van der Waals surface area contributed by atoms with Crippen LogP contribution in [0.25, 0.3) is 0 Å². The molecule has 0 fully saturated rings. The number of H-pyrrole nitrogens is 1. The molecule has 0 aliphatic rings. The van der Waals surface area contributed by atoms with E-state index in [2.05, 4.69) is 25.1 Å². The van der Waals surface area contributed by atoms with E-state index >= 15 is 0 Å². The average Bonchev–Trinajstić information content (AvgIpc) is 2.71. The minimum atomic E-state index is -0.419. The molecule has 0 aliphatic heterocycles. The Balaban J connectivity index is 2.15. The number of nitrogens with one attached hydrogen (secondary N) is 2. The number of carbonyl (C=O) groups excluding carboxylic acids is 1. The molecule has 0 atom stereocenters. The molecule has 0 spiro atoms. The highest BCUT2D eigenvalue weighted by Crippen LogP contribution is 2.09. The molecule has 1 amide bonds. The van der Waals surface area contributed by atoms with E-state index in [9.17, 15) is 9.59 Å². The first kappa shape index (κ1) is 9.46. The Kier molecular flexibility index (Phi) is 2.50. The summed E-state index contributed by atoms with van der Waals surface area (Å²) in [4.78, 5) is 22.2.